The number of nitrogens with two attached hydrogens (primary N) is 1. The first-order chi connectivity index (χ1) is 16.2. The van der Waals surface area contributed by atoms with Gasteiger partial charge in [-0.25, -0.2) is 0 Å². The smallest absolute Gasteiger partial charge is 0.417 e. The van der Waals surface area contributed by atoms with Gasteiger partial charge in [-0.2, -0.15) is 18.7 Å². The third kappa shape index (κ3) is 6.75. The lowest BCUT2D eigenvalue weighted by molar-refractivity contribution is -0.137. The Labute approximate surface area is 197 Å². The summed E-state index contributed by atoms with van der Waals surface area (Å²) in [7, 11) is 0. The van der Waals surface area contributed by atoms with Crippen molar-refractivity contribution in [2.45, 2.75) is 19.0 Å². The molecule has 0 fully saturated rings. The van der Waals surface area contributed by atoms with Crippen molar-refractivity contribution in [3.05, 3.63) is 82.6 Å². The number of aryl methyl sites for hydroxylation is 1. The van der Waals surface area contributed by atoms with E-state index in [0.717, 1.165) is 17.7 Å². The van der Waals surface area contributed by atoms with Gasteiger partial charge in [-0.3, -0.25) is 9.78 Å². The summed E-state index contributed by atoms with van der Waals surface area (Å²) in [5.74, 6) is 0.509. The van der Waals surface area contributed by atoms with Crippen molar-refractivity contribution in [3.8, 4) is 11.5 Å². The van der Waals surface area contributed by atoms with Crippen LogP contribution in [-0.2, 0) is 17.4 Å². The van der Waals surface area contributed by atoms with Crippen molar-refractivity contribution in [3.63, 3.8) is 0 Å². The molecule has 12 heteroatoms. The van der Waals surface area contributed by atoms with Gasteiger partial charge in [-0.15, -0.1) is 5.10 Å². The second-order valence-corrected chi connectivity index (χ2v) is 7.36. The lowest BCUT2D eigenvalue weighted by Gasteiger charge is -2.12. The van der Waals surface area contributed by atoms with Crippen molar-refractivity contribution < 1.29 is 22.7 Å². The first-order valence-electron chi connectivity index (χ1n) is 9.75. The van der Waals surface area contributed by atoms with E-state index < -0.39 is 22.7 Å². The van der Waals surface area contributed by atoms with E-state index in [-0.39, 0.29) is 17.9 Å². The van der Waals surface area contributed by atoms with E-state index in [1.165, 1.54) is 12.3 Å². The number of carbonyl (C=O) groups is 1. The van der Waals surface area contributed by atoms with Gasteiger partial charge in [0.2, 0.25) is 5.91 Å². The molecule has 1 heterocycles. The Morgan fingerprint density at radius 3 is 2.53 bits per heavy atom. The molecule has 0 spiro atoms. The number of hydrogen-bond acceptors (Lipinski definition) is 5. The average molecular weight is 491 g/mol. The van der Waals surface area contributed by atoms with Crippen LogP contribution in [-0.4, -0.2) is 16.7 Å². The van der Waals surface area contributed by atoms with Crippen molar-refractivity contribution in [2.24, 2.45) is 16.1 Å². The predicted octanol–water partition coefficient (Wildman–Crippen LogP) is 5.77. The maximum Gasteiger partial charge on any atom is 0.417 e. The lowest BCUT2D eigenvalue weighted by atomic mass is 10.1. The molecule has 3 aromatic rings. The fourth-order valence-corrected chi connectivity index (χ4v) is 3.11. The highest BCUT2D eigenvalue weighted by molar-refractivity contribution is 6.31. The molecule has 1 aromatic heterocycles. The molecule has 0 radical (unpaired) electrons. The summed E-state index contributed by atoms with van der Waals surface area (Å²) in [6, 6.07) is 13.3. The summed E-state index contributed by atoms with van der Waals surface area (Å²) < 4.78 is 44.6. The number of hydrogen-bond donors (Lipinski definition) is 3. The molecule has 2 aromatic carbocycles. The molecule has 0 aliphatic rings. The molecular formula is C22H18ClF3N6O2. The van der Waals surface area contributed by atoms with Crippen molar-refractivity contribution >= 4 is 29.0 Å². The zero-order chi connectivity index (χ0) is 24.7. The van der Waals surface area contributed by atoms with Crippen LogP contribution in [0.2, 0.25) is 5.02 Å². The van der Waals surface area contributed by atoms with Gasteiger partial charge in [0.05, 0.1) is 10.6 Å². The third-order valence-electron chi connectivity index (χ3n) is 4.51. The maximum atomic E-state index is 13.0. The zero-order valence-electron chi connectivity index (χ0n) is 17.4. The highest BCUT2D eigenvalue weighted by atomic mass is 35.5. The fraction of sp³-hybridized carbons (Fsp3) is 0.136. The molecular weight excluding hydrogens is 473 g/mol. The summed E-state index contributed by atoms with van der Waals surface area (Å²) in [6.07, 6.45) is -2.70. The number of nitrogens with zero attached hydrogens (tertiary/aromatic N) is 3. The van der Waals surface area contributed by atoms with E-state index in [0.29, 0.717) is 23.6 Å². The van der Waals surface area contributed by atoms with Crippen LogP contribution in [0.3, 0.4) is 0 Å². The van der Waals surface area contributed by atoms with E-state index >= 15 is 0 Å². The monoisotopic (exact) mass is 490 g/mol. The SMILES string of the molecule is N=N/N=C(\N)c1cc(Oc2ccc(CCC(=O)Nc3ccc(Cl)c(C(F)(F)F)c3)cc2)ccn1. The normalized spacial score (nSPS) is 11.7. The Bertz CT molecular complexity index is 1220. The van der Waals surface area contributed by atoms with Crippen LogP contribution in [0, 0.1) is 5.53 Å². The van der Waals surface area contributed by atoms with Gasteiger partial charge in [0.1, 0.15) is 17.2 Å². The van der Waals surface area contributed by atoms with Gasteiger partial charge >= 0.3 is 6.18 Å². The van der Waals surface area contributed by atoms with Crippen LogP contribution in [0.15, 0.2) is 71.1 Å². The van der Waals surface area contributed by atoms with E-state index in [2.05, 4.69) is 20.6 Å². The topological polar surface area (TPSA) is 126 Å². The number of nitrogens with one attached hydrogen (secondary N) is 2. The number of alkyl halides is 3. The Hall–Kier alpha value is -3.99. The minimum Gasteiger partial charge on any atom is -0.457 e. The summed E-state index contributed by atoms with van der Waals surface area (Å²) >= 11 is 5.59. The van der Waals surface area contributed by atoms with E-state index in [1.807, 2.05) is 0 Å². The number of halogens is 4. The van der Waals surface area contributed by atoms with Crippen molar-refractivity contribution in [1.29, 1.82) is 5.53 Å². The predicted molar refractivity (Wildman–Crippen MR) is 120 cm³/mol. The van der Waals surface area contributed by atoms with Crippen LogP contribution in [0.5, 0.6) is 11.5 Å². The molecule has 3 rings (SSSR count). The number of rotatable bonds is 8. The summed E-state index contributed by atoms with van der Waals surface area (Å²) in [5.41, 5.74) is 12.5. The summed E-state index contributed by atoms with van der Waals surface area (Å²) in [4.78, 5) is 16.2. The van der Waals surface area contributed by atoms with Gasteiger partial charge in [-0.1, -0.05) is 29.0 Å². The number of anilines is 1. The standard InChI is InChI=1S/C22H18ClF3N6O2/c23-18-7-4-14(11-17(18)22(24,25)26)30-20(33)8-3-13-1-5-15(6-2-13)34-16-9-10-29-19(12-16)21(27)31-32-28/h1-2,4-7,9-12H,3,8H2,(H,30,33)(H3,27,28,31). The minimum absolute atomic E-state index is 0.0178. The molecule has 0 saturated carbocycles. The highest BCUT2D eigenvalue weighted by Gasteiger charge is 2.33. The molecule has 0 aliphatic heterocycles. The molecule has 0 aliphatic carbocycles. The summed E-state index contributed by atoms with van der Waals surface area (Å²) in [6.45, 7) is 0. The minimum atomic E-state index is -4.61. The molecule has 34 heavy (non-hydrogen) atoms. The van der Waals surface area contributed by atoms with Crippen LogP contribution in [0.1, 0.15) is 23.2 Å². The van der Waals surface area contributed by atoms with E-state index in [4.69, 9.17) is 27.6 Å². The molecule has 0 unspecified atom stereocenters. The van der Waals surface area contributed by atoms with E-state index in [9.17, 15) is 18.0 Å². The number of benzene rings is 2. The van der Waals surface area contributed by atoms with Crippen LogP contribution in [0.25, 0.3) is 0 Å². The second kappa shape index (κ2) is 10.8. The number of pyridine rings is 1. The van der Waals surface area contributed by atoms with Crippen LogP contribution < -0.4 is 15.8 Å². The first kappa shape index (κ1) is 24.6. The Morgan fingerprint density at radius 2 is 1.85 bits per heavy atom. The number of carbonyl (C=O) groups excluding carboxylic acids is 1. The first-order valence-corrected chi connectivity index (χ1v) is 10.1. The van der Waals surface area contributed by atoms with Crippen LogP contribution in [0.4, 0.5) is 18.9 Å². The van der Waals surface area contributed by atoms with Crippen LogP contribution >= 0.6 is 11.6 Å². The molecule has 176 valence electrons. The highest BCUT2D eigenvalue weighted by Crippen LogP contribution is 2.36. The molecule has 0 atom stereocenters. The van der Waals surface area contributed by atoms with Gasteiger partial charge < -0.3 is 15.8 Å². The number of aromatic nitrogens is 1. The fourth-order valence-electron chi connectivity index (χ4n) is 2.88. The van der Waals surface area contributed by atoms with Gasteiger partial charge in [-0.05, 0) is 48.4 Å². The molecule has 8 nitrogen and oxygen atoms in total. The van der Waals surface area contributed by atoms with Gasteiger partial charge in [0.15, 0.2) is 5.84 Å². The third-order valence-corrected chi connectivity index (χ3v) is 4.84. The van der Waals surface area contributed by atoms with Gasteiger partial charge in [0, 0.05) is 24.4 Å². The Morgan fingerprint density at radius 1 is 1.12 bits per heavy atom. The Balaban J connectivity index is 1.56. The van der Waals surface area contributed by atoms with E-state index in [1.54, 1.807) is 36.4 Å². The molecule has 0 saturated heterocycles. The van der Waals surface area contributed by atoms with Gasteiger partial charge in [0.25, 0.3) is 0 Å². The second-order valence-electron chi connectivity index (χ2n) is 6.95. The summed E-state index contributed by atoms with van der Waals surface area (Å²) in [5, 5.41) is 8.29. The number of ether oxygens (including phenoxy) is 1. The number of amides is 1. The molecule has 0 bridgehead atoms. The largest absolute Gasteiger partial charge is 0.457 e. The lowest BCUT2D eigenvalue weighted by Crippen LogP contribution is -2.14. The number of amidine groups is 1. The molecule has 1 amide bonds. The Kier molecular flexibility index (Phi) is 7.79. The maximum absolute atomic E-state index is 13.0. The quantitative estimate of drug-likeness (QED) is 0.160. The van der Waals surface area contributed by atoms with Crippen molar-refractivity contribution in [1.82, 2.24) is 4.98 Å². The molecule has 4 N–H and O–H groups in total. The van der Waals surface area contributed by atoms with Crippen molar-refractivity contribution in [2.75, 3.05) is 5.32 Å². The zero-order valence-corrected chi connectivity index (χ0v) is 18.2. The average Bonchev–Trinajstić information content (AvgIpc) is 2.79.